The zero-order chi connectivity index (χ0) is 12.4. The molecule has 1 aliphatic rings. The predicted octanol–water partition coefficient (Wildman–Crippen LogP) is 1.64. The molecule has 1 saturated heterocycles. The van der Waals surface area contributed by atoms with Gasteiger partial charge < -0.3 is 15.4 Å². The standard InChI is InChI=1S/C10H14Cl2N4O/c11-7-4-8(12)10(14-9(7)15-13)16-3-1-2-6(16)5-17/h4,6,17H,1-3,5,13H2,(H,14,15). The molecule has 1 aromatic heterocycles. The van der Waals surface area contributed by atoms with Gasteiger partial charge in [-0.25, -0.2) is 10.8 Å². The van der Waals surface area contributed by atoms with Gasteiger partial charge in [0.2, 0.25) is 0 Å². The van der Waals surface area contributed by atoms with E-state index in [-0.39, 0.29) is 12.6 Å². The number of aliphatic hydroxyl groups excluding tert-OH is 1. The Kier molecular flexibility index (Phi) is 3.93. The van der Waals surface area contributed by atoms with Crippen LogP contribution in [0.15, 0.2) is 6.07 Å². The second-order valence-corrected chi connectivity index (χ2v) is 4.75. The summed E-state index contributed by atoms with van der Waals surface area (Å²) in [4.78, 5) is 6.27. The van der Waals surface area contributed by atoms with Gasteiger partial charge in [-0.1, -0.05) is 23.2 Å². The Morgan fingerprint density at radius 2 is 2.29 bits per heavy atom. The van der Waals surface area contributed by atoms with Crippen molar-refractivity contribution in [1.82, 2.24) is 4.98 Å². The number of hydrazine groups is 1. The quantitative estimate of drug-likeness (QED) is 0.578. The molecule has 5 nitrogen and oxygen atoms in total. The summed E-state index contributed by atoms with van der Waals surface area (Å²) in [6.07, 6.45) is 1.94. The van der Waals surface area contributed by atoms with Crippen molar-refractivity contribution in [2.75, 3.05) is 23.5 Å². The third-order valence-electron chi connectivity index (χ3n) is 2.91. The molecule has 0 amide bonds. The number of nitrogens with one attached hydrogen (secondary N) is 1. The number of nitrogens with zero attached hydrogens (tertiary/aromatic N) is 2. The van der Waals surface area contributed by atoms with Gasteiger partial charge in [0.25, 0.3) is 0 Å². The number of anilines is 2. The molecule has 2 heterocycles. The minimum atomic E-state index is 0.0619. The highest BCUT2D eigenvalue weighted by Gasteiger charge is 2.27. The first-order valence-electron chi connectivity index (χ1n) is 5.37. The van der Waals surface area contributed by atoms with E-state index in [1.54, 1.807) is 6.07 Å². The van der Waals surface area contributed by atoms with Crippen LogP contribution in [0.1, 0.15) is 12.8 Å². The zero-order valence-corrected chi connectivity index (χ0v) is 10.7. The summed E-state index contributed by atoms with van der Waals surface area (Å²) in [6, 6.07) is 1.67. The number of pyridine rings is 1. The summed E-state index contributed by atoms with van der Waals surface area (Å²) in [5.74, 6) is 6.32. The van der Waals surface area contributed by atoms with Crippen molar-refractivity contribution in [3.63, 3.8) is 0 Å². The molecule has 1 fully saturated rings. The van der Waals surface area contributed by atoms with Crippen LogP contribution in [0.25, 0.3) is 0 Å². The lowest BCUT2D eigenvalue weighted by Gasteiger charge is -2.25. The molecule has 1 unspecified atom stereocenters. The van der Waals surface area contributed by atoms with Crippen molar-refractivity contribution in [1.29, 1.82) is 0 Å². The van der Waals surface area contributed by atoms with Crippen LogP contribution in [-0.4, -0.2) is 29.3 Å². The highest BCUT2D eigenvalue weighted by atomic mass is 35.5. The first-order valence-corrected chi connectivity index (χ1v) is 6.13. The van der Waals surface area contributed by atoms with Gasteiger partial charge >= 0.3 is 0 Å². The number of aliphatic hydroxyl groups is 1. The Morgan fingerprint density at radius 1 is 1.53 bits per heavy atom. The number of nitrogens with two attached hydrogens (primary N) is 1. The second kappa shape index (κ2) is 5.27. The van der Waals surface area contributed by atoms with Gasteiger partial charge in [0, 0.05) is 6.54 Å². The van der Waals surface area contributed by atoms with Crippen LogP contribution in [0.5, 0.6) is 0 Å². The molecule has 7 heteroatoms. The lowest BCUT2D eigenvalue weighted by molar-refractivity contribution is 0.266. The van der Waals surface area contributed by atoms with E-state index in [4.69, 9.17) is 29.0 Å². The molecule has 0 aromatic carbocycles. The van der Waals surface area contributed by atoms with Crippen molar-refractivity contribution >= 4 is 34.8 Å². The van der Waals surface area contributed by atoms with Gasteiger partial charge in [-0.3, -0.25) is 0 Å². The van der Waals surface area contributed by atoms with Gasteiger partial charge in [0.1, 0.15) is 5.82 Å². The fourth-order valence-corrected chi connectivity index (χ4v) is 2.59. The van der Waals surface area contributed by atoms with Gasteiger partial charge in [-0.15, -0.1) is 0 Å². The normalized spacial score (nSPS) is 19.8. The number of hydrogen-bond acceptors (Lipinski definition) is 5. The Balaban J connectivity index is 2.37. The highest BCUT2D eigenvalue weighted by Crippen LogP contribution is 2.34. The molecule has 94 valence electrons. The number of nitrogen functional groups attached to an aromatic ring is 1. The van der Waals surface area contributed by atoms with Crippen molar-refractivity contribution in [2.24, 2.45) is 5.84 Å². The van der Waals surface area contributed by atoms with Crippen LogP contribution in [-0.2, 0) is 0 Å². The van der Waals surface area contributed by atoms with Crippen LogP contribution < -0.4 is 16.2 Å². The summed E-state index contributed by atoms with van der Waals surface area (Å²) in [5, 5.41) is 10.1. The average molecular weight is 277 g/mol. The van der Waals surface area contributed by atoms with Gasteiger partial charge in [-0.2, -0.15) is 0 Å². The van der Waals surface area contributed by atoms with Crippen molar-refractivity contribution in [3.05, 3.63) is 16.1 Å². The molecule has 1 atom stereocenters. The molecular formula is C10H14Cl2N4O. The number of hydrogen-bond donors (Lipinski definition) is 3. The number of rotatable bonds is 3. The fourth-order valence-electron chi connectivity index (χ4n) is 2.06. The van der Waals surface area contributed by atoms with Crippen LogP contribution in [0.4, 0.5) is 11.6 Å². The maximum atomic E-state index is 9.29. The molecule has 0 radical (unpaired) electrons. The van der Waals surface area contributed by atoms with E-state index < -0.39 is 0 Å². The summed E-state index contributed by atoms with van der Waals surface area (Å²) in [7, 11) is 0. The van der Waals surface area contributed by atoms with Gasteiger partial charge in [-0.05, 0) is 18.9 Å². The number of aromatic nitrogens is 1. The van der Waals surface area contributed by atoms with Crippen LogP contribution in [0.3, 0.4) is 0 Å². The molecule has 4 N–H and O–H groups in total. The lowest BCUT2D eigenvalue weighted by atomic mass is 10.2. The third-order valence-corrected chi connectivity index (χ3v) is 3.47. The monoisotopic (exact) mass is 276 g/mol. The molecule has 0 bridgehead atoms. The first-order chi connectivity index (χ1) is 8.17. The van der Waals surface area contributed by atoms with Gasteiger partial charge in [0.15, 0.2) is 5.82 Å². The average Bonchev–Trinajstić information content (AvgIpc) is 2.77. The Hall–Kier alpha value is -0.750. The van der Waals surface area contributed by atoms with Crippen LogP contribution in [0, 0.1) is 0 Å². The van der Waals surface area contributed by atoms with E-state index in [2.05, 4.69) is 10.4 Å². The van der Waals surface area contributed by atoms with Crippen molar-refractivity contribution in [3.8, 4) is 0 Å². The molecule has 0 saturated carbocycles. The van der Waals surface area contributed by atoms with E-state index in [9.17, 15) is 5.11 Å². The Morgan fingerprint density at radius 3 is 2.94 bits per heavy atom. The van der Waals surface area contributed by atoms with Crippen molar-refractivity contribution in [2.45, 2.75) is 18.9 Å². The Labute approximate surface area is 109 Å². The molecule has 0 spiro atoms. The fraction of sp³-hybridized carbons (Fsp3) is 0.500. The molecule has 2 rings (SSSR count). The maximum absolute atomic E-state index is 9.29. The number of halogens is 2. The van der Waals surface area contributed by atoms with Crippen LogP contribution >= 0.6 is 23.2 Å². The molecular weight excluding hydrogens is 263 g/mol. The highest BCUT2D eigenvalue weighted by molar-refractivity contribution is 6.37. The van der Waals surface area contributed by atoms with E-state index >= 15 is 0 Å². The minimum Gasteiger partial charge on any atom is -0.394 e. The lowest BCUT2D eigenvalue weighted by Crippen LogP contribution is -2.33. The summed E-state index contributed by atoms with van der Waals surface area (Å²) in [6.45, 7) is 0.912. The van der Waals surface area contributed by atoms with E-state index in [1.807, 2.05) is 4.90 Å². The van der Waals surface area contributed by atoms with E-state index in [0.29, 0.717) is 21.7 Å². The summed E-state index contributed by atoms with van der Waals surface area (Å²) < 4.78 is 0. The molecule has 1 aliphatic heterocycles. The largest absolute Gasteiger partial charge is 0.394 e. The van der Waals surface area contributed by atoms with Crippen LogP contribution in [0.2, 0.25) is 10.0 Å². The first kappa shape index (κ1) is 12.7. The van der Waals surface area contributed by atoms with E-state index in [1.165, 1.54) is 0 Å². The van der Waals surface area contributed by atoms with Crippen molar-refractivity contribution < 1.29 is 5.11 Å². The minimum absolute atomic E-state index is 0.0619. The molecule has 0 aliphatic carbocycles. The summed E-state index contributed by atoms with van der Waals surface area (Å²) >= 11 is 12.0. The van der Waals surface area contributed by atoms with E-state index in [0.717, 1.165) is 19.4 Å². The zero-order valence-electron chi connectivity index (χ0n) is 9.16. The molecule has 17 heavy (non-hydrogen) atoms. The Bertz CT molecular complexity index is 416. The molecule has 1 aromatic rings. The SMILES string of the molecule is NNc1nc(N2CCCC2CO)c(Cl)cc1Cl. The maximum Gasteiger partial charge on any atom is 0.161 e. The van der Waals surface area contributed by atoms with Gasteiger partial charge in [0.05, 0.1) is 22.7 Å². The third kappa shape index (κ3) is 2.42. The second-order valence-electron chi connectivity index (χ2n) is 3.94. The topological polar surface area (TPSA) is 74.4 Å². The predicted molar refractivity (Wildman–Crippen MR) is 69.5 cm³/mol. The smallest absolute Gasteiger partial charge is 0.161 e. The summed E-state index contributed by atoms with van der Waals surface area (Å²) in [5.41, 5.74) is 2.43.